The molecule has 0 saturated heterocycles. The number of amides is 1. The Morgan fingerprint density at radius 1 is 1.22 bits per heavy atom. The summed E-state index contributed by atoms with van der Waals surface area (Å²) in [5.74, 6) is 0.281. The summed E-state index contributed by atoms with van der Waals surface area (Å²) < 4.78 is 0. The van der Waals surface area contributed by atoms with Crippen molar-refractivity contribution in [2.24, 2.45) is 0 Å². The number of hydrogen-bond donors (Lipinski definition) is 1. The van der Waals surface area contributed by atoms with Crippen LogP contribution in [0.2, 0.25) is 0 Å². The molecule has 0 atom stereocenters. The second kappa shape index (κ2) is 6.55. The van der Waals surface area contributed by atoms with E-state index in [0.717, 1.165) is 39.0 Å². The molecule has 1 aromatic rings. The lowest BCUT2D eigenvalue weighted by Gasteiger charge is -2.20. The largest absolute Gasteiger partial charge is 0.342 e. The minimum absolute atomic E-state index is 0.281. The third-order valence-corrected chi connectivity index (χ3v) is 3.54. The van der Waals surface area contributed by atoms with Gasteiger partial charge in [-0.2, -0.15) is 0 Å². The summed E-state index contributed by atoms with van der Waals surface area (Å²) in [7, 11) is 0. The minimum atomic E-state index is 0.281. The molecule has 0 aromatic heterocycles. The molecule has 0 unspecified atom stereocenters. The van der Waals surface area contributed by atoms with Crippen LogP contribution in [0.4, 0.5) is 0 Å². The third kappa shape index (κ3) is 3.33. The van der Waals surface area contributed by atoms with E-state index in [9.17, 15) is 4.79 Å². The molecular formula is C15H22N2O. The highest BCUT2D eigenvalue weighted by Crippen LogP contribution is 2.15. The number of hydrogen-bond acceptors (Lipinski definition) is 2. The molecule has 0 bridgehead atoms. The highest BCUT2D eigenvalue weighted by Gasteiger charge is 2.17. The van der Waals surface area contributed by atoms with Crippen LogP contribution >= 0.6 is 0 Å². The van der Waals surface area contributed by atoms with E-state index < -0.39 is 0 Å². The quantitative estimate of drug-likeness (QED) is 0.819. The van der Waals surface area contributed by atoms with Gasteiger partial charge in [-0.05, 0) is 30.5 Å². The van der Waals surface area contributed by atoms with Gasteiger partial charge in [-0.3, -0.25) is 4.79 Å². The van der Waals surface area contributed by atoms with Crippen LogP contribution in [-0.4, -0.2) is 37.0 Å². The Kier molecular flexibility index (Phi) is 4.76. The average Bonchev–Trinajstić information content (AvgIpc) is 2.61. The number of carbonyl (C=O) groups is 1. The number of carbonyl (C=O) groups excluding carboxylic acids is 1. The predicted molar refractivity (Wildman–Crippen MR) is 73.6 cm³/mol. The van der Waals surface area contributed by atoms with Gasteiger partial charge in [-0.25, -0.2) is 0 Å². The van der Waals surface area contributed by atoms with Crippen LogP contribution in [0.15, 0.2) is 24.3 Å². The zero-order valence-electron chi connectivity index (χ0n) is 11.1. The molecule has 1 aliphatic rings. The highest BCUT2D eigenvalue weighted by atomic mass is 16.2. The molecule has 98 valence electrons. The Hall–Kier alpha value is -1.35. The van der Waals surface area contributed by atoms with E-state index in [-0.39, 0.29) is 5.91 Å². The molecule has 2 rings (SSSR count). The summed E-state index contributed by atoms with van der Waals surface area (Å²) >= 11 is 0. The fourth-order valence-electron chi connectivity index (χ4n) is 2.45. The van der Waals surface area contributed by atoms with Crippen LogP contribution in [0.5, 0.6) is 0 Å². The summed E-state index contributed by atoms with van der Waals surface area (Å²) in [6, 6.07) is 8.53. The number of nitrogens with zero attached hydrogens (tertiary/aromatic N) is 1. The van der Waals surface area contributed by atoms with Gasteiger partial charge >= 0.3 is 0 Å². The van der Waals surface area contributed by atoms with Gasteiger partial charge < -0.3 is 10.2 Å². The van der Waals surface area contributed by atoms with Crippen LogP contribution in [-0.2, 0) is 17.6 Å². The third-order valence-electron chi connectivity index (χ3n) is 3.54. The first-order chi connectivity index (χ1) is 8.81. The molecular weight excluding hydrogens is 224 g/mol. The summed E-state index contributed by atoms with van der Waals surface area (Å²) in [5.41, 5.74) is 2.80. The van der Waals surface area contributed by atoms with E-state index in [2.05, 4.69) is 36.5 Å². The Balaban J connectivity index is 1.89. The van der Waals surface area contributed by atoms with Gasteiger partial charge in [0.15, 0.2) is 0 Å². The van der Waals surface area contributed by atoms with Crippen molar-refractivity contribution in [3.63, 3.8) is 0 Å². The topological polar surface area (TPSA) is 32.3 Å². The highest BCUT2D eigenvalue weighted by molar-refractivity contribution is 5.76. The van der Waals surface area contributed by atoms with Crippen LogP contribution < -0.4 is 5.32 Å². The SMILES string of the molecule is CCNCCC(=O)N1CCc2ccccc2CC1. The maximum Gasteiger partial charge on any atom is 0.223 e. The monoisotopic (exact) mass is 246 g/mol. The van der Waals surface area contributed by atoms with Gasteiger partial charge in [0.1, 0.15) is 0 Å². The van der Waals surface area contributed by atoms with E-state index in [4.69, 9.17) is 0 Å². The molecule has 0 radical (unpaired) electrons. The van der Waals surface area contributed by atoms with Crippen LogP contribution in [0.3, 0.4) is 0 Å². The maximum absolute atomic E-state index is 12.1. The Labute approximate surface area is 109 Å². The molecule has 0 spiro atoms. The molecule has 0 fully saturated rings. The van der Waals surface area contributed by atoms with E-state index >= 15 is 0 Å². The maximum atomic E-state index is 12.1. The molecule has 1 heterocycles. The Morgan fingerprint density at radius 2 is 1.83 bits per heavy atom. The van der Waals surface area contributed by atoms with E-state index in [1.165, 1.54) is 11.1 Å². The molecule has 3 nitrogen and oxygen atoms in total. The van der Waals surface area contributed by atoms with Gasteiger partial charge in [-0.1, -0.05) is 31.2 Å². The van der Waals surface area contributed by atoms with E-state index in [1.54, 1.807) is 0 Å². The lowest BCUT2D eigenvalue weighted by molar-refractivity contribution is -0.131. The number of rotatable bonds is 4. The molecule has 1 aromatic carbocycles. The van der Waals surface area contributed by atoms with Crippen molar-refractivity contribution in [3.8, 4) is 0 Å². The summed E-state index contributed by atoms with van der Waals surface area (Å²) in [4.78, 5) is 14.1. The van der Waals surface area contributed by atoms with Crippen LogP contribution in [0, 0.1) is 0 Å². The summed E-state index contributed by atoms with van der Waals surface area (Å²) in [6.45, 7) is 5.51. The molecule has 1 aliphatic heterocycles. The molecule has 1 N–H and O–H groups in total. The zero-order valence-corrected chi connectivity index (χ0v) is 11.1. The van der Waals surface area contributed by atoms with Crippen molar-refractivity contribution < 1.29 is 4.79 Å². The normalized spacial score (nSPS) is 15.1. The van der Waals surface area contributed by atoms with Crippen LogP contribution in [0.25, 0.3) is 0 Å². The van der Waals surface area contributed by atoms with Crippen molar-refractivity contribution in [1.29, 1.82) is 0 Å². The average molecular weight is 246 g/mol. The summed E-state index contributed by atoms with van der Waals surface area (Å²) in [5, 5.41) is 3.20. The number of benzene rings is 1. The van der Waals surface area contributed by atoms with Gasteiger partial charge in [0.25, 0.3) is 0 Å². The van der Waals surface area contributed by atoms with E-state index in [1.807, 2.05) is 4.90 Å². The van der Waals surface area contributed by atoms with Crippen LogP contribution in [0.1, 0.15) is 24.5 Å². The predicted octanol–water partition coefficient (Wildman–Crippen LogP) is 1.61. The first-order valence-corrected chi connectivity index (χ1v) is 6.86. The number of fused-ring (bicyclic) bond motifs is 1. The van der Waals surface area contributed by atoms with Gasteiger partial charge in [0.2, 0.25) is 5.91 Å². The lowest BCUT2D eigenvalue weighted by atomic mass is 10.0. The summed E-state index contributed by atoms with van der Waals surface area (Å²) in [6.07, 6.45) is 2.59. The molecule has 18 heavy (non-hydrogen) atoms. The second-order valence-electron chi connectivity index (χ2n) is 4.75. The Bertz CT molecular complexity index is 376. The Morgan fingerprint density at radius 3 is 2.39 bits per heavy atom. The zero-order chi connectivity index (χ0) is 12.8. The smallest absolute Gasteiger partial charge is 0.223 e. The molecule has 0 saturated carbocycles. The van der Waals surface area contributed by atoms with Crippen molar-refractivity contribution in [1.82, 2.24) is 10.2 Å². The number of nitrogens with one attached hydrogen (secondary N) is 1. The minimum Gasteiger partial charge on any atom is -0.342 e. The standard InChI is InChI=1S/C15H22N2O/c1-2-16-10-7-15(18)17-11-8-13-5-3-4-6-14(13)9-12-17/h3-6,16H,2,7-12H2,1H3. The first kappa shape index (κ1) is 13.1. The van der Waals surface area contributed by atoms with Crippen molar-refractivity contribution >= 4 is 5.91 Å². The van der Waals surface area contributed by atoms with Gasteiger partial charge in [-0.15, -0.1) is 0 Å². The van der Waals surface area contributed by atoms with Gasteiger partial charge in [0, 0.05) is 26.1 Å². The molecule has 3 heteroatoms. The molecule has 0 aliphatic carbocycles. The van der Waals surface area contributed by atoms with Crippen molar-refractivity contribution in [2.45, 2.75) is 26.2 Å². The van der Waals surface area contributed by atoms with Gasteiger partial charge in [0.05, 0.1) is 0 Å². The molecule has 1 amide bonds. The second-order valence-corrected chi connectivity index (χ2v) is 4.75. The fraction of sp³-hybridized carbons (Fsp3) is 0.533. The fourth-order valence-corrected chi connectivity index (χ4v) is 2.45. The van der Waals surface area contributed by atoms with Crippen molar-refractivity contribution in [2.75, 3.05) is 26.2 Å². The van der Waals surface area contributed by atoms with Crippen molar-refractivity contribution in [3.05, 3.63) is 35.4 Å². The lowest BCUT2D eigenvalue weighted by Crippen LogP contribution is -2.35. The van der Waals surface area contributed by atoms with E-state index in [0.29, 0.717) is 6.42 Å². The first-order valence-electron chi connectivity index (χ1n) is 6.86.